The summed E-state index contributed by atoms with van der Waals surface area (Å²) in [6, 6.07) is 0. The van der Waals surface area contributed by atoms with Crippen molar-refractivity contribution in [1.82, 2.24) is 15.1 Å². The number of likely N-dealkylation sites (tertiary alicyclic amines) is 1. The number of piperazine rings is 1. The zero-order chi connectivity index (χ0) is 9.47. The fourth-order valence-corrected chi connectivity index (χ4v) is 2.09. The minimum atomic E-state index is -0.801. The van der Waals surface area contributed by atoms with E-state index in [1.807, 2.05) is 0 Å². The van der Waals surface area contributed by atoms with E-state index < -0.39 is 6.09 Å². The van der Waals surface area contributed by atoms with E-state index >= 15 is 0 Å². The molecule has 1 spiro atoms. The molecule has 5 nitrogen and oxygen atoms in total. The lowest BCUT2D eigenvalue weighted by Gasteiger charge is -2.56. The van der Waals surface area contributed by atoms with Crippen molar-refractivity contribution in [2.75, 3.05) is 39.8 Å². The Bertz CT molecular complexity index is 225. The molecule has 13 heavy (non-hydrogen) atoms. The van der Waals surface area contributed by atoms with Crippen molar-refractivity contribution >= 4 is 6.09 Å². The topological polar surface area (TPSA) is 55.8 Å². The molecule has 0 radical (unpaired) electrons. The van der Waals surface area contributed by atoms with Crippen LogP contribution in [-0.2, 0) is 0 Å². The Labute approximate surface area is 77.3 Å². The maximum absolute atomic E-state index is 10.6. The first-order valence-electron chi connectivity index (χ1n) is 4.54. The molecule has 74 valence electrons. The van der Waals surface area contributed by atoms with Gasteiger partial charge in [0.25, 0.3) is 0 Å². The van der Waals surface area contributed by atoms with Gasteiger partial charge >= 0.3 is 6.09 Å². The van der Waals surface area contributed by atoms with Gasteiger partial charge in [0.15, 0.2) is 0 Å². The Kier molecular flexibility index (Phi) is 1.92. The monoisotopic (exact) mass is 185 g/mol. The van der Waals surface area contributed by atoms with Gasteiger partial charge in [-0.05, 0) is 7.05 Å². The van der Waals surface area contributed by atoms with Crippen molar-refractivity contribution in [3.8, 4) is 0 Å². The van der Waals surface area contributed by atoms with E-state index in [0.717, 1.165) is 19.6 Å². The number of nitrogens with one attached hydrogen (secondary N) is 1. The lowest BCUT2D eigenvalue weighted by molar-refractivity contribution is -0.0421. The lowest BCUT2D eigenvalue weighted by Crippen LogP contribution is -2.76. The van der Waals surface area contributed by atoms with Gasteiger partial charge in [0, 0.05) is 32.7 Å². The van der Waals surface area contributed by atoms with Crippen LogP contribution < -0.4 is 5.32 Å². The number of carbonyl (C=O) groups is 1. The SMILES string of the molecule is CN1CCNCC12CN(C(=O)O)C2. The highest BCUT2D eigenvalue weighted by Crippen LogP contribution is 2.27. The molecule has 0 bridgehead atoms. The van der Waals surface area contributed by atoms with Crippen LogP contribution in [0, 0.1) is 0 Å². The molecule has 0 unspecified atom stereocenters. The minimum Gasteiger partial charge on any atom is -0.465 e. The van der Waals surface area contributed by atoms with Crippen LogP contribution in [0.25, 0.3) is 0 Å². The summed E-state index contributed by atoms with van der Waals surface area (Å²) in [6.45, 7) is 4.21. The first-order chi connectivity index (χ1) is 6.14. The molecule has 0 atom stereocenters. The maximum atomic E-state index is 10.6. The molecule has 0 aromatic rings. The molecule has 2 N–H and O–H groups in total. The van der Waals surface area contributed by atoms with E-state index in [1.165, 1.54) is 4.90 Å². The molecule has 0 aliphatic carbocycles. The average Bonchev–Trinajstić information content (AvgIpc) is 2.01. The van der Waals surface area contributed by atoms with Gasteiger partial charge in [-0.2, -0.15) is 0 Å². The summed E-state index contributed by atoms with van der Waals surface area (Å²) in [7, 11) is 2.07. The molecule has 0 aromatic carbocycles. The minimum absolute atomic E-state index is 0.0800. The van der Waals surface area contributed by atoms with Gasteiger partial charge < -0.3 is 15.3 Å². The number of amides is 1. The standard InChI is InChI=1S/C8H15N3O2/c1-10-3-2-9-4-8(10)5-11(6-8)7(12)13/h9H,2-6H2,1H3,(H,12,13). The smallest absolute Gasteiger partial charge is 0.407 e. The van der Waals surface area contributed by atoms with Crippen LogP contribution in [0.4, 0.5) is 4.79 Å². The van der Waals surface area contributed by atoms with E-state index in [9.17, 15) is 4.79 Å². The molecule has 2 rings (SSSR count). The first kappa shape index (κ1) is 8.77. The number of rotatable bonds is 0. The maximum Gasteiger partial charge on any atom is 0.407 e. The van der Waals surface area contributed by atoms with E-state index in [1.54, 1.807) is 0 Å². The second-order valence-corrected chi connectivity index (χ2v) is 3.96. The third-order valence-corrected chi connectivity index (χ3v) is 3.13. The number of nitrogens with zero attached hydrogens (tertiary/aromatic N) is 2. The zero-order valence-corrected chi connectivity index (χ0v) is 7.79. The highest BCUT2D eigenvalue weighted by molar-refractivity contribution is 5.66. The Morgan fingerprint density at radius 2 is 2.23 bits per heavy atom. The molecule has 1 amide bonds. The van der Waals surface area contributed by atoms with Crippen molar-refractivity contribution in [1.29, 1.82) is 0 Å². The number of carboxylic acid groups (broad SMARTS) is 1. The summed E-state index contributed by atoms with van der Waals surface area (Å²) < 4.78 is 0. The largest absolute Gasteiger partial charge is 0.465 e. The molecular formula is C8H15N3O2. The fourth-order valence-electron chi connectivity index (χ4n) is 2.09. The molecule has 0 aromatic heterocycles. The molecular weight excluding hydrogens is 170 g/mol. The summed E-state index contributed by atoms with van der Waals surface area (Å²) in [6.07, 6.45) is -0.801. The van der Waals surface area contributed by atoms with Crippen LogP contribution in [0.1, 0.15) is 0 Å². The van der Waals surface area contributed by atoms with Crippen LogP contribution in [0.5, 0.6) is 0 Å². The fraction of sp³-hybridized carbons (Fsp3) is 0.875. The summed E-state index contributed by atoms with van der Waals surface area (Å²) in [4.78, 5) is 14.3. The quantitative estimate of drug-likeness (QED) is 0.521. The third kappa shape index (κ3) is 1.28. The van der Waals surface area contributed by atoms with E-state index in [4.69, 9.17) is 5.11 Å². The Morgan fingerprint density at radius 3 is 2.77 bits per heavy atom. The Hall–Kier alpha value is -0.810. The second-order valence-electron chi connectivity index (χ2n) is 3.96. The Balaban J connectivity index is 1.97. The van der Waals surface area contributed by atoms with Gasteiger partial charge in [0.05, 0.1) is 5.54 Å². The molecule has 5 heteroatoms. The Morgan fingerprint density at radius 1 is 1.54 bits per heavy atom. The van der Waals surface area contributed by atoms with Crippen molar-refractivity contribution in [2.45, 2.75) is 5.54 Å². The van der Waals surface area contributed by atoms with Gasteiger partial charge in [0.1, 0.15) is 0 Å². The van der Waals surface area contributed by atoms with Gasteiger partial charge in [0.2, 0.25) is 0 Å². The van der Waals surface area contributed by atoms with Crippen LogP contribution in [0.3, 0.4) is 0 Å². The van der Waals surface area contributed by atoms with E-state index in [0.29, 0.717) is 13.1 Å². The lowest BCUT2D eigenvalue weighted by atomic mass is 9.87. The third-order valence-electron chi connectivity index (χ3n) is 3.13. The summed E-state index contributed by atoms with van der Waals surface area (Å²) in [5.74, 6) is 0. The van der Waals surface area contributed by atoms with Crippen molar-refractivity contribution in [3.63, 3.8) is 0 Å². The number of hydrogen-bond donors (Lipinski definition) is 2. The second kappa shape index (κ2) is 2.85. The van der Waals surface area contributed by atoms with Gasteiger partial charge in [-0.1, -0.05) is 0 Å². The molecule has 2 saturated heterocycles. The van der Waals surface area contributed by atoms with Crippen LogP contribution in [0.15, 0.2) is 0 Å². The van der Waals surface area contributed by atoms with E-state index in [2.05, 4.69) is 17.3 Å². The predicted molar refractivity (Wildman–Crippen MR) is 47.8 cm³/mol. The molecule has 2 aliphatic heterocycles. The zero-order valence-electron chi connectivity index (χ0n) is 7.79. The van der Waals surface area contributed by atoms with Gasteiger partial charge in [-0.3, -0.25) is 4.90 Å². The molecule has 2 heterocycles. The van der Waals surface area contributed by atoms with Gasteiger partial charge in [-0.25, -0.2) is 4.79 Å². The van der Waals surface area contributed by atoms with E-state index in [-0.39, 0.29) is 5.54 Å². The molecule has 0 saturated carbocycles. The van der Waals surface area contributed by atoms with Gasteiger partial charge in [-0.15, -0.1) is 0 Å². The summed E-state index contributed by atoms with van der Waals surface area (Å²) >= 11 is 0. The summed E-state index contributed by atoms with van der Waals surface area (Å²) in [5.41, 5.74) is 0.0800. The highest BCUT2D eigenvalue weighted by atomic mass is 16.4. The number of likely N-dealkylation sites (N-methyl/N-ethyl adjacent to an activating group) is 1. The van der Waals surface area contributed by atoms with Crippen LogP contribution in [0.2, 0.25) is 0 Å². The normalized spacial score (nSPS) is 27.3. The van der Waals surface area contributed by atoms with Crippen molar-refractivity contribution in [3.05, 3.63) is 0 Å². The molecule has 2 fully saturated rings. The van der Waals surface area contributed by atoms with Crippen LogP contribution >= 0.6 is 0 Å². The average molecular weight is 185 g/mol. The van der Waals surface area contributed by atoms with Crippen LogP contribution in [-0.4, -0.2) is 66.3 Å². The predicted octanol–water partition coefficient (Wildman–Crippen LogP) is -0.746. The summed E-state index contributed by atoms with van der Waals surface area (Å²) in [5, 5.41) is 12.0. The van der Waals surface area contributed by atoms with Crippen molar-refractivity contribution in [2.24, 2.45) is 0 Å². The van der Waals surface area contributed by atoms with Crippen molar-refractivity contribution < 1.29 is 9.90 Å². The molecule has 2 aliphatic rings. The number of hydrogen-bond acceptors (Lipinski definition) is 3. The highest BCUT2D eigenvalue weighted by Gasteiger charge is 2.49. The first-order valence-corrected chi connectivity index (χ1v) is 4.54.